The van der Waals surface area contributed by atoms with Crippen LogP contribution in [0.25, 0.3) is 0 Å². The molecule has 0 saturated carbocycles. The molecule has 6 heteroatoms. The largest absolute Gasteiger partial charge is 0 e. The van der Waals surface area contributed by atoms with Gasteiger partial charge in [-0.05, 0) is 0 Å². The van der Waals surface area contributed by atoms with Crippen molar-refractivity contribution >= 4 is 23.9 Å². The summed E-state index contributed by atoms with van der Waals surface area (Å²) < 4.78 is 0. The van der Waals surface area contributed by atoms with Crippen molar-refractivity contribution in [3.05, 3.63) is 0 Å². The van der Waals surface area contributed by atoms with Crippen LogP contribution in [0.5, 0.6) is 0 Å². The quantitative estimate of drug-likeness (QED) is 0.312. The van der Waals surface area contributed by atoms with Crippen molar-refractivity contribution < 1.29 is 112 Å². The molecule has 0 unspecified atom stereocenters. The van der Waals surface area contributed by atoms with Crippen molar-refractivity contribution in [3.8, 4) is 0 Å². The Kier molecular flexibility index (Phi) is 264. The van der Waals surface area contributed by atoms with Gasteiger partial charge in [-0.3, -0.25) is 0 Å². The third-order valence-corrected chi connectivity index (χ3v) is 0. The maximum Gasteiger partial charge on any atom is 0 e. The molecular weight excluding hydrogens is 658 g/mol. The maximum atomic E-state index is 0. The van der Waals surface area contributed by atoms with E-state index in [4.69, 9.17) is 0 Å². The predicted molar refractivity (Wildman–Crippen MR) is 5.75 cm³/mol. The minimum Gasteiger partial charge on any atom is 0 e. The molecule has 0 N–H and O–H groups in total. The molecule has 6 heavy (non-hydrogen) atoms. The van der Waals surface area contributed by atoms with Crippen molar-refractivity contribution in [2.75, 3.05) is 0 Å². The van der Waals surface area contributed by atoms with Gasteiger partial charge in [0.2, 0.25) is 0 Å². The third kappa shape index (κ3) is 23.6. The smallest absolute Gasteiger partial charge is 0 e. The maximum absolute atomic E-state index is 0. The van der Waals surface area contributed by atoms with Crippen LogP contribution in [0.2, 0.25) is 0 Å². The van der Waals surface area contributed by atoms with E-state index in [9.17, 15) is 0 Å². The van der Waals surface area contributed by atoms with Gasteiger partial charge in [-0.1, -0.05) is 0 Å². The average Bonchev–Trinajstić information content (AvgIpc) is 0. The standard InChI is InChI=1S/5Ag.Sn. The van der Waals surface area contributed by atoms with Crippen LogP contribution in [-0.2, 0) is 112 Å². The summed E-state index contributed by atoms with van der Waals surface area (Å²) in [7, 11) is 0. The third-order valence-electron chi connectivity index (χ3n) is 0. The van der Waals surface area contributed by atoms with Crippen molar-refractivity contribution in [2.24, 2.45) is 0 Å². The van der Waals surface area contributed by atoms with Gasteiger partial charge in [-0.15, -0.1) is 0 Å². The van der Waals surface area contributed by atoms with Crippen LogP contribution >= 0.6 is 0 Å². The van der Waals surface area contributed by atoms with Crippen molar-refractivity contribution in [2.45, 2.75) is 0 Å². The fourth-order valence-electron chi connectivity index (χ4n) is 0. The fourth-order valence-corrected chi connectivity index (χ4v) is 0. The zero-order chi connectivity index (χ0) is 0. The van der Waals surface area contributed by atoms with Crippen LogP contribution in [0.15, 0.2) is 0 Å². The monoisotopic (exact) mass is 654 g/mol. The molecule has 0 rings (SSSR count). The molecule has 0 bridgehead atoms. The molecule has 9 radical (unpaired) electrons. The van der Waals surface area contributed by atoms with Crippen LogP contribution < -0.4 is 0 Å². The summed E-state index contributed by atoms with van der Waals surface area (Å²) in [6, 6.07) is 0. The Morgan fingerprint density at radius 2 is 0.333 bits per heavy atom. The zero-order valence-corrected chi connectivity index (χ0v) is 12.3. The molecule has 0 aliphatic carbocycles. The molecule has 0 heterocycles. The first-order valence-corrected chi connectivity index (χ1v) is 0. The molecule has 0 atom stereocenters. The van der Waals surface area contributed by atoms with E-state index in [1.165, 1.54) is 0 Å². The van der Waals surface area contributed by atoms with Crippen LogP contribution in [0.3, 0.4) is 0 Å². The van der Waals surface area contributed by atoms with E-state index in [0.717, 1.165) is 0 Å². The van der Waals surface area contributed by atoms with E-state index >= 15 is 0 Å². The van der Waals surface area contributed by atoms with Gasteiger partial charge in [0.05, 0.1) is 0 Å². The second-order valence-electron chi connectivity index (χ2n) is 0. The minimum atomic E-state index is 0. The van der Waals surface area contributed by atoms with Crippen LogP contribution in [0, 0.1) is 0 Å². The first-order valence-electron chi connectivity index (χ1n) is 0. The van der Waals surface area contributed by atoms with E-state index in [2.05, 4.69) is 0 Å². The van der Waals surface area contributed by atoms with E-state index in [1.807, 2.05) is 0 Å². The van der Waals surface area contributed by atoms with E-state index in [0.29, 0.717) is 0 Å². The minimum absolute atomic E-state index is 0. The molecule has 0 aromatic carbocycles. The van der Waals surface area contributed by atoms with Crippen LogP contribution in [0.1, 0.15) is 0 Å². The molecule has 0 amide bonds. The Morgan fingerprint density at radius 1 is 0.333 bits per heavy atom. The van der Waals surface area contributed by atoms with Gasteiger partial charge in [0.1, 0.15) is 0 Å². The topological polar surface area (TPSA) is 0 Å². The Labute approximate surface area is 133 Å². The summed E-state index contributed by atoms with van der Waals surface area (Å²) >= 11 is 0. The number of rotatable bonds is 0. The van der Waals surface area contributed by atoms with E-state index < -0.39 is 0 Å². The Morgan fingerprint density at radius 3 is 0.333 bits per heavy atom. The van der Waals surface area contributed by atoms with Crippen molar-refractivity contribution in [1.82, 2.24) is 0 Å². The number of hydrogen-bond donors (Lipinski definition) is 0. The summed E-state index contributed by atoms with van der Waals surface area (Å²) in [6.45, 7) is 0. The second-order valence-corrected chi connectivity index (χ2v) is 0. The second kappa shape index (κ2) is 33.9. The van der Waals surface area contributed by atoms with Gasteiger partial charge in [-0.2, -0.15) is 0 Å². The predicted octanol–water partition coefficient (Wildman–Crippen LogP) is -0.393. The molecule has 0 saturated heterocycles. The SMILES string of the molecule is [Ag].[Ag].[Ag].[Ag].[Ag].[Sn]. The molecule has 59 valence electrons. The van der Waals surface area contributed by atoms with Crippen molar-refractivity contribution in [3.63, 3.8) is 0 Å². The van der Waals surface area contributed by atoms with E-state index in [-0.39, 0.29) is 136 Å². The molecule has 0 aromatic heterocycles. The van der Waals surface area contributed by atoms with Crippen LogP contribution in [-0.4, -0.2) is 23.9 Å². The summed E-state index contributed by atoms with van der Waals surface area (Å²) in [4.78, 5) is 0. The summed E-state index contributed by atoms with van der Waals surface area (Å²) in [6.07, 6.45) is 0. The van der Waals surface area contributed by atoms with Gasteiger partial charge >= 0.3 is 0 Å². The number of hydrogen-bond acceptors (Lipinski definition) is 0. The van der Waals surface area contributed by atoms with Gasteiger partial charge in [0.15, 0.2) is 0 Å². The summed E-state index contributed by atoms with van der Waals surface area (Å²) in [5, 5.41) is 0. The van der Waals surface area contributed by atoms with Gasteiger partial charge in [-0.25, -0.2) is 0 Å². The molecular formula is Ag5Sn. The molecule has 0 nitrogen and oxygen atoms in total. The fraction of sp³-hybridized carbons (Fsp3) is 0. The zero-order valence-electron chi connectivity index (χ0n) is 2.01. The molecule has 0 aromatic rings. The van der Waals surface area contributed by atoms with Crippen molar-refractivity contribution in [1.29, 1.82) is 0 Å². The van der Waals surface area contributed by atoms with Crippen LogP contribution in [0.4, 0.5) is 0 Å². The summed E-state index contributed by atoms with van der Waals surface area (Å²) in [5.41, 5.74) is 0. The van der Waals surface area contributed by atoms with Gasteiger partial charge in [0, 0.05) is 136 Å². The Hall–Kier alpha value is 4.50. The molecule has 0 aliphatic heterocycles. The van der Waals surface area contributed by atoms with Gasteiger partial charge in [0.25, 0.3) is 0 Å². The van der Waals surface area contributed by atoms with E-state index in [1.54, 1.807) is 0 Å². The Balaban J connectivity index is 0. The van der Waals surface area contributed by atoms with Gasteiger partial charge < -0.3 is 0 Å². The summed E-state index contributed by atoms with van der Waals surface area (Å²) in [5.74, 6) is 0. The normalized spacial score (nSPS) is 0. The molecule has 0 spiro atoms. The first-order chi connectivity index (χ1) is 0. The molecule has 0 fully saturated rings. The average molecular weight is 658 g/mol. The first kappa shape index (κ1) is 46.8. The molecule has 0 aliphatic rings. The Bertz CT molecular complexity index is 3.90.